The Bertz CT molecular complexity index is 1600. The lowest BCUT2D eigenvalue weighted by Crippen LogP contribution is -2.44. The van der Waals surface area contributed by atoms with Gasteiger partial charge in [0, 0.05) is 62.1 Å². The third-order valence-electron chi connectivity index (χ3n) is 9.14. The van der Waals surface area contributed by atoms with E-state index in [0.29, 0.717) is 54.0 Å². The minimum atomic E-state index is -4.68. The van der Waals surface area contributed by atoms with Crippen molar-refractivity contribution in [2.75, 3.05) is 82.0 Å². The van der Waals surface area contributed by atoms with Gasteiger partial charge in [-0.25, -0.2) is 4.98 Å². The lowest BCUT2D eigenvalue weighted by Gasteiger charge is -2.38. The van der Waals surface area contributed by atoms with Crippen molar-refractivity contribution in [2.24, 2.45) is 0 Å². The molecule has 0 aliphatic carbocycles. The number of nitrogens with one attached hydrogen (secondary N) is 2. The number of halogens is 3. The first-order valence-corrected chi connectivity index (χ1v) is 18.7. The van der Waals surface area contributed by atoms with Gasteiger partial charge >= 0.3 is 6.18 Å². The maximum Gasteiger partial charge on any atom is 0.421 e. The summed E-state index contributed by atoms with van der Waals surface area (Å²) >= 11 is 0. The summed E-state index contributed by atoms with van der Waals surface area (Å²) in [6, 6.07) is 7.87. The summed E-state index contributed by atoms with van der Waals surface area (Å²) in [6.07, 6.45) is -0.312. The molecule has 0 amide bonds. The van der Waals surface area contributed by atoms with Crippen LogP contribution in [0.4, 0.5) is 42.0 Å². The molecule has 0 bridgehead atoms. The summed E-state index contributed by atoms with van der Waals surface area (Å²) in [5, 5.41) is 6.84. The number of ether oxygens (including phenoxy) is 4. The molecule has 3 aromatic rings. The molecule has 2 fully saturated rings. The zero-order valence-corrected chi connectivity index (χ0v) is 29.0. The molecule has 4 heterocycles. The topological polar surface area (TPSA) is 93.2 Å². The molecule has 2 saturated heterocycles. The van der Waals surface area contributed by atoms with Crippen molar-refractivity contribution in [2.45, 2.75) is 51.4 Å². The molecule has 2 aromatic carbocycles. The van der Waals surface area contributed by atoms with Crippen LogP contribution in [0, 0.1) is 6.92 Å². The first-order valence-electron chi connectivity index (χ1n) is 16.4. The van der Waals surface area contributed by atoms with E-state index < -0.39 is 19.7 Å². The van der Waals surface area contributed by atoms with Crippen LogP contribution in [0.5, 0.6) is 17.2 Å². The second-order valence-corrected chi connectivity index (χ2v) is 14.7. The Balaban J connectivity index is 1.22. The number of hydrogen-bond acceptors (Lipinski definition) is 10. The number of benzene rings is 2. The van der Waals surface area contributed by atoms with Gasteiger partial charge in [-0.1, -0.05) is 7.92 Å². The molecular formula is C34H44F3N6O4P. The van der Waals surface area contributed by atoms with Gasteiger partial charge in [0.1, 0.15) is 30.3 Å². The number of fused-ring (bicyclic) bond motifs is 1. The van der Waals surface area contributed by atoms with Gasteiger partial charge in [0.05, 0.1) is 24.6 Å². The van der Waals surface area contributed by atoms with E-state index in [2.05, 4.69) is 37.3 Å². The smallest absolute Gasteiger partial charge is 0.421 e. The fourth-order valence-corrected chi connectivity index (χ4v) is 8.05. The molecule has 3 aliphatic rings. The number of nitrogens with zero attached hydrogens (tertiary/aromatic N) is 4. The number of alkyl halides is 3. The maximum atomic E-state index is 14.2. The normalized spacial score (nSPS) is 18.8. The largest absolute Gasteiger partial charge is 0.494 e. The highest BCUT2D eigenvalue weighted by Crippen LogP contribution is 2.43. The molecule has 0 saturated carbocycles. The minimum Gasteiger partial charge on any atom is -0.494 e. The third-order valence-corrected chi connectivity index (χ3v) is 10.5. The van der Waals surface area contributed by atoms with Crippen molar-refractivity contribution in [3.05, 3.63) is 41.6 Å². The molecule has 6 rings (SSSR count). The van der Waals surface area contributed by atoms with Gasteiger partial charge in [-0.2, -0.15) is 18.2 Å². The highest BCUT2D eigenvalue weighted by atomic mass is 31.1. The molecule has 2 N–H and O–H groups in total. The van der Waals surface area contributed by atoms with Gasteiger partial charge < -0.3 is 34.5 Å². The van der Waals surface area contributed by atoms with Crippen LogP contribution in [0.15, 0.2) is 30.5 Å². The molecule has 0 unspecified atom stereocenters. The van der Waals surface area contributed by atoms with E-state index >= 15 is 0 Å². The van der Waals surface area contributed by atoms with E-state index in [-0.39, 0.29) is 11.8 Å². The number of anilines is 5. The molecule has 10 nitrogen and oxygen atoms in total. The molecule has 3 aliphatic heterocycles. The maximum absolute atomic E-state index is 14.2. The van der Waals surface area contributed by atoms with Crippen LogP contribution in [0.2, 0.25) is 0 Å². The van der Waals surface area contributed by atoms with E-state index in [1.807, 2.05) is 32.4 Å². The minimum absolute atomic E-state index is 0.00193. The van der Waals surface area contributed by atoms with E-state index in [9.17, 15) is 13.2 Å². The van der Waals surface area contributed by atoms with Crippen LogP contribution in [0.25, 0.3) is 0 Å². The van der Waals surface area contributed by atoms with Crippen LogP contribution in [-0.4, -0.2) is 93.5 Å². The van der Waals surface area contributed by atoms with Crippen molar-refractivity contribution in [1.82, 2.24) is 14.9 Å². The van der Waals surface area contributed by atoms with Gasteiger partial charge in [0.25, 0.3) is 0 Å². The highest BCUT2D eigenvalue weighted by Gasteiger charge is 2.36. The van der Waals surface area contributed by atoms with Crippen LogP contribution >= 0.6 is 7.92 Å². The van der Waals surface area contributed by atoms with Gasteiger partial charge in [-0.15, -0.1) is 0 Å². The molecular weight excluding hydrogens is 644 g/mol. The number of methoxy groups -OCH3 is 1. The predicted molar refractivity (Wildman–Crippen MR) is 184 cm³/mol. The Labute approximate surface area is 281 Å². The zero-order valence-electron chi connectivity index (χ0n) is 28.1. The average Bonchev–Trinajstić information content (AvgIpc) is 3.53. The lowest BCUT2D eigenvalue weighted by molar-refractivity contribution is -0.137. The van der Waals surface area contributed by atoms with Crippen molar-refractivity contribution in [1.29, 1.82) is 0 Å². The summed E-state index contributed by atoms with van der Waals surface area (Å²) in [6.45, 7) is 13.6. The fraction of sp³-hybridized carbons (Fsp3) is 0.529. The first kappa shape index (κ1) is 34.3. The molecule has 14 heteroatoms. The summed E-state index contributed by atoms with van der Waals surface area (Å²) in [5.41, 5.74) is 2.14. The molecule has 0 radical (unpaired) electrons. The highest BCUT2D eigenvalue weighted by molar-refractivity contribution is 7.64. The van der Waals surface area contributed by atoms with Crippen molar-refractivity contribution in [3.63, 3.8) is 0 Å². The fourth-order valence-electron chi connectivity index (χ4n) is 6.85. The van der Waals surface area contributed by atoms with Crippen molar-refractivity contribution >= 4 is 42.1 Å². The van der Waals surface area contributed by atoms with E-state index in [1.165, 1.54) is 0 Å². The Hall–Kier alpha value is -3.54. The van der Waals surface area contributed by atoms with Crippen LogP contribution in [-0.2, 0) is 10.9 Å². The second-order valence-electron chi connectivity index (χ2n) is 12.5. The Morgan fingerprint density at radius 2 is 1.79 bits per heavy atom. The summed E-state index contributed by atoms with van der Waals surface area (Å²) < 4.78 is 65.8. The second kappa shape index (κ2) is 14.5. The van der Waals surface area contributed by atoms with Crippen molar-refractivity contribution in [3.8, 4) is 17.2 Å². The predicted octanol–water partition coefficient (Wildman–Crippen LogP) is 6.52. The van der Waals surface area contributed by atoms with Crippen LogP contribution in [0.1, 0.15) is 37.3 Å². The van der Waals surface area contributed by atoms with E-state index in [4.69, 9.17) is 18.9 Å². The Morgan fingerprint density at radius 1 is 1.02 bits per heavy atom. The summed E-state index contributed by atoms with van der Waals surface area (Å²) in [5.74, 6) is 1.32. The summed E-state index contributed by atoms with van der Waals surface area (Å²) in [4.78, 5) is 13.3. The molecule has 0 spiro atoms. The number of rotatable bonds is 10. The SMILES string of the molecule is CCO[C@H]1CCN(C2CCN(c3cc(OC)c(Nc4ncc(C(F)(F)F)c(Nc5ccc6c(c5P(C)C)OCCO6)n4)cc3C)CC2)C1. The lowest BCUT2D eigenvalue weighted by atomic mass is 10.0. The monoisotopic (exact) mass is 688 g/mol. The van der Waals surface area contributed by atoms with Crippen LogP contribution < -0.4 is 35.0 Å². The van der Waals surface area contributed by atoms with Gasteiger partial charge in [0.15, 0.2) is 11.5 Å². The quantitative estimate of drug-likeness (QED) is 0.230. The van der Waals surface area contributed by atoms with Gasteiger partial charge in [-0.3, -0.25) is 4.90 Å². The number of aromatic nitrogens is 2. The number of likely N-dealkylation sites (tertiary alicyclic amines) is 1. The Morgan fingerprint density at radius 3 is 2.50 bits per heavy atom. The number of hydrogen-bond donors (Lipinski definition) is 2. The number of piperidine rings is 1. The molecule has 48 heavy (non-hydrogen) atoms. The average molecular weight is 689 g/mol. The van der Waals surface area contributed by atoms with Crippen LogP contribution in [0.3, 0.4) is 0 Å². The van der Waals surface area contributed by atoms with Gasteiger partial charge in [-0.05, 0) is 70.2 Å². The van der Waals surface area contributed by atoms with Gasteiger partial charge in [0.2, 0.25) is 5.95 Å². The zero-order chi connectivity index (χ0) is 34.0. The van der Waals surface area contributed by atoms with E-state index in [1.54, 1.807) is 19.2 Å². The number of aryl methyl sites for hydroxylation is 1. The standard InChI is InChI=1S/C34H44F3N6O4P/c1-6-45-23-11-14-43(20-23)22-9-12-42(13-10-22)27-18-29(44-3)26(17-21(27)2)40-33-38-19-24(34(35,36)37)32(41-33)39-25-7-8-28-30(31(25)48(4)5)47-16-15-46-28/h7-8,17-19,22-23H,6,9-16,20H2,1-5H3,(H2,38,39,40,41)/t23-/m0/s1. The summed E-state index contributed by atoms with van der Waals surface area (Å²) in [7, 11) is 0.799. The van der Waals surface area contributed by atoms with E-state index in [0.717, 1.165) is 74.8 Å². The first-order chi connectivity index (χ1) is 23.0. The molecule has 1 aromatic heterocycles. The Kier molecular flexibility index (Phi) is 10.4. The molecule has 1 atom stereocenters. The third kappa shape index (κ3) is 7.38. The van der Waals surface area contributed by atoms with Crippen molar-refractivity contribution < 1.29 is 32.1 Å². The molecule has 260 valence electrons.